The molecule has 0 atom stereocenters. The third-order valence-corrected chi connectivity index (χ3v) is 4.07. The number of hydrogen-bond donors (Lipinski definition) is 0. The average molecular weight is 337 g/mol. The molecule has 0 aromatic heterocycles. The van der Waals surface area contributed by atoms with Gasteiger partial charge in [0.05, 0.1) is 17.2 Å². The number of rotatable bonds is 2. The van der Waals surface area contributed by atoms with E-state index in [0.29, 0.717) is 11.1 Å². The van der Waals surface area contributed by atoms with Crippen LogP contribution in [0.2, 0.25) is 0 Å². The lowest BCUT2D eigenvalue weighted by Crippen LogP contribution is -2.06. The van der Waals surface area contributed by atoms with Gasteiger partial charge in [-0.05, 0) is 52.9 Å². The van der Waals surface area contributed by atoms with E-state index in [-0.39, 0.29) is 5.56 Å². The normalized spacial score (nSPS) is 11.2. The number of halogens is 3. The molecule has 0 bridgehead atoms. The fraction of sp³-hybridized carbons (Fsp3) is 0.0952. The van der Waals surface area contributed by atoms with Crippen molar-refractivity contribution in [3.8, 4) is 28.3 Å². The van der Waals surface area contributed by atoms with E-state index < -0.39 is 11.7 Å². The summed E-state index contributed by atoms with van der Waals surface area (Å²) in [6, 6.07) is 20.0. The van der Waals surface area contributed by atoms with Crippen LogP contribution in [0.4, 0.5) is 13.2 Å². The quantitative estimate of drug-likeness (QED) is 0.544. The van der Waals surface area contributed by atoms with Gasteiger partial charge in [-0.25, -0.2) is 0 Å². The van der Waals surface area contributed by atoms with E-state index in [9.17, 15) is 13.2 Å². The fourth-order valence-corrected chi connectivity index (χ4v) is 2.89. The van der Waals surface area contributed by atoms with Crippen LogP contribution in [-0.4, -0.2) is 0 Å². The van der Waals surface area contributed by atoms with Crippen LogP contribution >= 0.6 is 0 Å². The highest BCUT2D eigenvalue weighted by molar-refractivity contribution is 5.75. The van der Waals surface area contributed by atoms with E-state index in [2.05, 4.69) is 6.07 Å². The van der Waals surface area contributed by atoms with Crippen molar-refractivity contribution >= 4 is 0 Å². The molecule has 0 fully saturated rings. The predicted octanol–water partition coefficient (Wildman–Crippen LogP) is 6.22. The summed E-state index contributed by atoms with van der Waals surface area (Å²) in [4.78, 5) is 0. The summed E-state index contributed by atoms with van der Waals surface area (Å²) < 4.78 is 39.7. The molecule has 25 heavy (non-hydrogen) atoms. The lowest BCUT2D eigenvalue weighted by molar-refractivity contribution is -0.137. The summed E-state index contributed by atoms with van der Waals surface area (Å²) in [5, 5.41) is 9.02. The van der Waals surface area contributed by atoms with Crippen LogP contribution in [0.3, 0.4) is 0 Å². The topological polar surface area (TPSA) is 23.8 Å². The molecule has 124 valence electrons. The van der Waals surface area contributed by atoms with Gasteiger partial charge in [-0.2, -0.15) is 18.4 Å². The number of nitriles is 1. The Balaban J connectivity index is 2.09. The average Bonchev–Trinajstić information content (AvgIpc) is 2.61. The molecule has 0 N–H and O–H groups in total. The molecule has 0 saturated heterocycles. The highest BCUT2D eigenvalue weighted by Gasteiger charge is 2.33. The monoisotopic (exact) mass is 337 g/mol. The molecule has 4 heteroatoms. The molecule has 0 amide bonds. The van der Waals surface area contributed by atoms with Gasteiger partial charge in [0.15, 0.2) is 0 Å². The number of nitrogens with zero attached hydrogens (tertiary/aromatic N) is 1. The molecule has 0 aliphatic heterocycles. The van der Waals surface area contributed by atoms with E-state index in [4.69, 9.17) is 5.26 Å². The molecular formula is C21H14F3N. The molecular weight excluding hydrogens is 323 g/mol. The largest absolute Gasteiger partial charge is 0.417 e. The standard InChI is InChI=1S/C21H14F3N/c1-14-11-17(19-7-2-3-8-20(19)21(22,23)24)9-10-18(14)16-6-4-5-15(12-16)13-25/h2-12H,1H3. The first-order chi connectivity index (χ1) is 11.9. The Morgan fingerprint density at radius 1 is 0.800 bits per heavy atom. The van der Waals surface area contributed by atoms with Crippen LogP contribution in [0.5, 0.6) is 0 Å². The number of hydrogen-bond acceptors (Lipinski definition) is 1. The maximum atomic E-state index is 13.2. The zero-order valence-electron chi connectivity index (χ0n) is 13.4. The number of benzene rings is 3. The van der Waals surface area contributed by atoms with Gasteiger partial charge in [-0.3, -0.25) is 0 Å². The summed E-state index contributed by atoms with van der Waals surface area (Å²) in [6.07, 6.45) is -4.40. The lowest BCUT2D eigenvalue weighted by Gasteiger charge is -2.14. The summed E-state index contributed by atoms with van der Waals surface area (Å²) >= 11 is 0. The highest BCUT2D eigenvalue weighted by Crippen LogP contribution is 2.38. The molecule has 1 nitrogen and oxygen atoms in total. The highest BCUT2D eigenvalue weighted by atomic mass is 19.4. The minimum atomic E-state index is -4.40. The summed E-state index contributed by atoms with van der Waals surface area (Å²) in [5.41, 5.74) is 3.19. The Kier molecular flexibility index (Phi) is 4.33. The van der Waals surface area contributed by atoms with Crippen molar-refractivity contribution in [1.82, 2.24) is 0 Å². The molecule has 0 unspecified atom stereocenters. The molecule has 3 rings (SSSR count). The van der Waals surface area contributed by atoms with Gasteiger partial charge in [0, 0.05) is 0 Å². The van der Waals surface area contributed by atoms with Crippen molar-refractivity contribution in [3.05, 3.63) is 83.4 Å². The van der Waals surface area contributed by atoms with Crippen LogP contribution in [0.1, 0.15) is 16.7 Å². The molecule has 0 aliphatic carbocycles. The van der Waals surface area contributed by atoms with Crippen molar-refractivity contribution in [2.24, 2.45) is 0 Å². The van der Waals surface area contributed by atoms with Crippen LogP contribution < -0.4 is 0 Å². The minimum Gasteiger partial charge on any atom is -0.192 e. The van der Waals surface area contributed by atoms with Gasteiger partial charge in [-0.1, -0.05) is 48.5 Å². The number of alkyl halides is 3. The SMILES string of the molecule is Cc1cc(-c2ccccc2C(F)(F)F)ccc1-c1cccc(C#N)c1. The van der Waals surface area contributed by atoms with Crippen molar-refractivity contribution < 1.29 is 13.2 Å². The second-order valence-corrected chi connectivity index (χ2v) is 5.77. The Morgan fingerprint density at radius 3 is 2.20 bits per heavy atom. The molecule has 0 saturated carbocycles. The lowest BCUT2D eigenvalue weighted by atomic mass is 9.93. The first kappa shape index (κ1) is 16.8. The second kappa shape index (κ2) is 6.45. The van der Waals surface area contributed by atoms with Gasteiger partial charge in [0.2, 0.25) is 0 Å². The van der Waals surface area contributed by atoms with Crippen molar-refractivity contribution in [1.29, 1.82) is 5.26 Å². The maximum Gasteiger partial charge on any atom is 0.417 e. The molecule has 0 spiro atoms. The molecule has 3 aromatic carbocycles. The van der Waals surface area contributed by atoms with E-state index >= 15 is 0 Å². The van der Waals surface area contributed by atoms with Crippen LogP contribution in [0, 0.1) is 18.3 Å². The predicted molar refractivity (Wildman–Crippen MR) is 91.8 cm³/mol. The Bertz CT molecular complexity index is 965. The van der Waals surface area contributed by atoms with E-state index in [1.165, 1.54) is 12.1 Å². The zero-order valence-corrected chi connectivity index (χ0v) is 13.4. The van der Waals surface area contributed by atoms with E-state index in [1.54, 1.807) is 42.5 Å². The fourth-order valence-electron chi connectivity index (χ4n) is 2.89. The third-order valence-electron chi connectivity index (χ3n) is 4.07. The molecule has 0 radical (unpaired) electrons. The Labute approximate surface area is 144 Å². The zero-order chi connectivity index (χ0) is 18.0. The molecule has 0 heterocycles. The summed E-state index contributed by atoms with van der Waals surface area (Å²) in [5.74, 6) is 0. The number of aryl methyl sites for hydroxylation is 1. The van der Waals surface area contributed by atoms with Crippen molar-refractivity contribution in [2.45, 2.75) is 13.1 Å². The van der Waals surface area contributed by atoms with Gasteiger partial charge in [0.25, 0.3) is 0 Å². The van der Waals surface area contributed by atoms with Crippen LogP contribution in [0.15, 0.2) is 66.7 Å². The van der Waals surface area contributed by atoms with Gasteiger partial charge < -0.3 is 0 Å². The van der Waals surface area contributed by atoms with Gasteiger partial charge in [0.1, 0.15) is 0 Å². The van der Waals surface area contributed by atoms with Gasteiger partial charge in [-0.15, -0.1) is 0 Å². The van der Waals surface area contributed by atoms with Crippen LogP contribution in [-0.2, 0) is 6.18 Å². The third kappa shape index (κ3) is 3.41. The minimum absolute atomic E-state index is 0.162. The van der Waals surface area contributed by atoms with E-state index in [1.807, 2.05) is 13.0 Å². The maximum absolute atomic E-state index is 13.2. The smallest absolute Gasteiger partial charge is 0.192 e. The van der Waals surface area contributed by atoms with Crippen molar-refractivity contribution in [2.75, 3.05) is 0 Å². The first-order valence-electron chi connectivity index (χ1n) is 7.68. The summed E-state index contributed by atoms with van der Waals surface area (Å²) in [6.45, 7) is 1.86. The van der Waals surface area contributed by atoms with Gasteiger partial charge >= 0.3 is 6.18 Å². The Morgan fingerprint density at radius 2 is 1.52 bits per heavy atom. The molecule has 3 aromatic rings. The second-order valence-electron chi connectivity index (χ2n) is 5.77. The van der Waals surface area contributed by atoms with Crippen molar-refractivity contribution in [3.63, 3.8) is 0 Å². The van der Waals surface area contributed by atoms with E-state index in [0.717, 1.165) is 22.8 Å². The molecule has 0 aliphatic rings. The first-order valence-corrected chi connectivity index (χ1v) is 7.68. The summed E-state index contributed by atoms with van der Waals surface area (Å²) in [7, 11) is 0. The Hall–Kier alpha value is -3.06. The van der Waals surface area contributed by atoms with Crippen LogP contribution in [0.25, 0.3) is 22.3 Å².